The molecule has 0 aromatic heterocycles. The van der Waals surface area contributed by atoms with E-state index in [1.165, 1.54) is 0 Å². The van der Waals surface area contributed by atoms with Crippen LogP contribution in [-0.2, 0) is 14.2 Å². The number of ether oxygens (including phenoxy) is 3. The zero-order chi connectivity index (χ0) is 7.14. The Morgan fingerprint density at radius 3 is 2.90 bits per heavy atom. The Labute approximate surface area is 58.7 Å². The third kappa shape index (κ3) is 0.845. The smallest absolute Gasteiger partial charge is 0.184 e. The predicted octanol–water partition coefficient (Wildman–Crippen LogP) is -0.535. The summed E-state index contributed by atoms with van der Waals surface area (Å²) in [6.45, 7) is 2.25. The second kappa shape index (κ2) is 2.17. The lowest BCUT2D eigenvalue weighted by molar-refractivity contribution is -0.158. The van der Waals surface area contributed by atoms with E-state index in [0.717, 1.165) is 0 Å². The van der Waals surface area contributed by atoms with Gasteiger partial charge >= 0.3 is 0 Å². The molecule has 0 unspecified atom stereocenters. The van der Waals surface area contributed by atoms with E-state index < -0.39 is 6.29 Å². The first-order valence-corrected chi connectivity index (χ1v) is 3.38. The monoisotopic (exact) mass is 146 g/mol. The number of hydrogen-bond acceptors (Lipinski definition) is 4. The molecule has 10 heavy (non-hydrogen) atoms. The molecule has 2 fully saturated rings. The highest BCUT2D eigenvalue weighted by Crippen LogP contribution is 2.27. The van der Waals surface area contributed by atoms with E-state index in [1.54, 1.807) is 0 Å². The SMILES string of the molecule is C[C@H]1O[C@H]2[C@H](O)OC[C@H]2O1. The van der Waals surface area contributed by atoms with Gasteiger partial charge in [0.2, 0.25) is 0 Å². The molecule has 58 valence electrons. The molecule has 2 aliphatic heterocycles. The van der Waals surface area contributed by atoms with E-state index in [4.69, 9.17) is 19.3 Å². The molecule has 1 N–H and O–H groups in total. The van der Waals surface area contributed by atoms with Crippen molar-refractivity contribution in [3.05, 3.63) is 0 Å². The molecule has 0 aromatic carbocycles. The Morgan fingerprint density at radius 2 is 2.20 bits per heavy atom. The number of hydrogen-bond donors (Lipinski definition) is 1. The van der Waals surface area contributed by atoms with Crippen molar-refractivity contribution < 1.29 is 19.3 Å². The van der Waals surface area contributed by atoms with Crippen LogP contribution in [0.4, 0.5) is 0 Å². The van der Waals surface area contributed by atoms with Crippen molar-refractivity contribution in [1.29, 1.82) is 0 Å². The number of aliphatic hydroxyl groups excluding tert-OH is 1. The number of aliphatic hydroxyl groups is 1. The topological polar surface area (TPSA) is 47.9 Å². The van der Waals surface area contributed by atoms with Crippen molar-refractivity contribution in [2.75, 3.05) is 6.61 Å². The standard InChI is InChI=1S/C6H10O4/c1-3-9-4-2-8-6(7)5(4)10-3/h3-7H,2H2,1H3/t3-,4-,5-,6-/m1/s1. The lowest BCUT2D eigenvalue weighted by Gasteiger charge is -2.09. The van der Waals surface area contributed by atoms with Crippen molar-refractivity contribution >= 4 is 0 Å². The Morgan fingerprint density at radius 1 is 1.40 bits per heavy atom. The van der Waals surface area contributed by atoms with Crippen LogP contribution in [0.1, 0.15) is 6.92 Å². The van der Waals surface area contributed by atoms with E-state index in [-0.39, 0.29) is 18.5 Å². The maximum atomic E-state index is 9.09. The van der Waals surface area contributed by atoms with Gasteiger partial charge in [0.15, 0.2) is 12.6 Å². The molecule has 2 saturated heterocycles. The second-order valence-electron chi connectivity index (χ2n) is 2.57. The Bertz CT molecular complexity index is 138. The lowest BCUT2D eigenvalue weighted by atomic mass is 10.2. The summed E-state index contributed by atoms with van der Waals surface area (Å²) in [6, 6.07) is 0. The Balaban J connectivity index is 2.05. The van der Waals surface area contributed by atoms with Gasteiger partial charge in [-0.3, -0.25) is 0 Å². The van der Waals surface area contributed by atoms with Crippen LogP contribution >= 0.6 is 0 Å². The third-order valence-corrected chi connectivity index (χ3v) is 1.79. The van der Waals surface area contributed by atoms with Gasteiger partial charge in [-0.1, -0.05) is 0 Å². The van der Waals surface area contributed by atoms with Gasteiger partial charge in [-0.2, -0.15) is 0 Å². The average Bonchev–Trinajstić information content (AvgIpc) is 2.35. The van der Waals surface area contributed by atoms with Crippen LogP contribution in [-0.4, -0.2) is 36.5 Å². The van der Waals surface area contributed by atoms with Crippen molar-refractivity contribution in [2.45, 2.75) is 31.7 Å². The molecule has 4 nitrogen and oxygen atoms in total. The molecule has 2 aliphatic rings. The molecule has 0 amide bonds. The lowest BCUT2D eigenvalue weighted by Crippen LogP contribution is -2.26. The van der Waals surface area contributed by atoms with Crippen LogP contribution in [0.15, 0.2) is 0 Å². The number of rotatable bonds is 0. The highest BCUT2D eigenvalue weighted by atomic mass is 16.8. The van der Waals surface area contributed by atoms with E-state index in [1.807, 2.05) is 6.92 Å². The maximum absolute atomic E-state index is 9.09. The van der Waals surface area contributed by atoms with Gasteiger partial charge in [0, 0.05) is 0 Å². The van der Waals surface area contributed by atoms with E-state index in [2.05, 4.69) is 0 Å². The molecular formula is C6H10O4. The third-order valence-electron chi connectivity index (χ3n) is 1.79. The minimum atomic E-state index is -0.796. The summed E-state index contributed by atoms with van der Waals surface area (Å²) in [5.41, 5.74) is 0. The molecule has 0 aromatic rings. The summed E-state index contributed by atoms with van der Waals surface area (Å²) < 4.78 is 15.3. The molecule has 4 heteroatoms. The predicted molar refractivity (Wildman–Crippen MR) is 31.2 cm³/mol. The second-order valence-corrected chi connectivity index (χ2v) is 2.57. The summed E-state index contributed by atoms with van der Waals surface area (Å²) in [7, 11) is 0. The van der Waals surface area contributed by atoms with Crippen LogP contribution in [0, 0.1) is 0 Å². The fourth-order valence-corrected chi connectivity index (χ4v) is 1.34. The highest BCUT2D eigenvalue weighted by molar-refractivity contribution is 4.83. The first-order chi connectivity index (χ1) is 4.77. The zero-order valence-corrected chi connectivity index (χ0v) is 5.69. The summed E-state index contributed by atoms with van der Waals surface area (Å²) in [5.74, 6) is 0. The Kier molecular flexibility index (Phi) is 1.42. The van der Waals surface area contributed by atoms with E-state index >= 15 is 0 Å². The minimum absolute atomic E-state index is 0.0648. The van der Waals surface area contributed by atoms with Crippen LogP contribution in [0.3, 0.4) is 0 Å². The maximum Gasteiger partial charge on any atom is 0.184 e. The van der Waals surface area contributed by atoms with Crippen LogP contribution < -0.4 is 0 Å². The largest absolute Gasteiger partial charge is 0.366 e. The molecule has 2 heterocycles. The van der Waals surface area contributed by atoms with Gasteiger partial charge in [-0.15, -0.1) is 0 Å². The molecule has 0 saturated carbocycles. The molecule has 2 rings (SSSR count). The summed E-state index contributed by atoms with van der Waals surface area (Å²) >= 11 is 0. The van der Waals surface area contributed by atoms with Crippen LogP contribution in [0.5, 0.6) is 0 Å². The minimum Gasteiger partial charge on any atom is -0.366 e. The molecule has 0 bridgehead atoms. The normalized spacial score (nSPS) is 53.4. The van der Waals surface area contributed by atoms with Crippen molar-refractivity contribution in [3.8, 4) is 0 Å². The van der Waals surface area contributed by atoms with Crippen molar-refractivity contribution in [1.82, 2.24) is 0 Å². The molecule has 0 aliphatic carbocycles. The number of fused-ring (bicyclic) bond motifs is 1. The molecule has 0 radical (unpaired) electrons. The summed E-state index contributed by atoms with van der Waals surface area (Å²) in [5, 5.41) is 9.09. The molecular weight excluding hydrogens is 136 g/mol. The van der Waals surface area contributed by atoms with Gasteiger partial charge < -0.3 is 19.3 Å². The van der Waals surface area contributed by atoms with Crippen LogP contribution in [0.25, 0.3) is 0 Å². The van der Waals surface area contributed by atoms with Gasteiger partial charge in [0.25, 0.3) is 0 Å². The van der Waals surface area contributed by atoms with E-state index in [9.17, 15) is 0 Å². The fourth-order valence-electron chi connectivity index (χ4n) is 1.34. The van der Waals surface area contributed by atoms with Gasteiger partial charge in [0.1, 0.15) is 12.2 Å². The summed E-state index contributed by atoms with van der Waals surface area (Å²) in [4.78, 5) is 0. The first-order valence-electron chi connectivity index (χ1n) is 3.38. The molecule has 0 spiro atoms. The van der Waals surface area contributed by atoms with Crippen molar-refractivity contribution in [2.24, 2.45) is 0 Å². The molecule has 4 atom stereocenters. The zero-order valence-electron chi connectivity index (χ0n) is 5.69. The van der Waals surface area contributed by atoms with Crippen LogP contribution in [0.2, 0.25) is 0 Å². The van der Waals surface area contributed by atoms with Gasteiger partial charge in [0.05, 0.1) is 6.61 Å². The first kappa shape index (κ1) is 6.54. The summed E-state index contributed by atoms with van der Waals surface area (Å²) in [6.07, 6.45) is -1.33. The Hall–Kier alpha value is -0.160. The average molecular weight is 146 g/mol. The van der Waals surface area contributed by atoms with Gasteiger partial charge in [-0.05, 0) is 6.92 Å². The van der Waals surface area contributed by atoms with E-state index in [0.29, 0.717) is 6.61 Å². The van der Waals surface area contributed by atoms with Crippen molar-refractivity contribution in [3.63, 3.8) is 0 Å². The quantitative estimate of drug-likeness (QED) is 0.499. The van der Waals surface area contributed by atoms with Gasteiger partial charge in [-0.25, -0.2) is 0 Å². The fraction of sp³-hybridized carbons (Fsp3) is 1.00. The highest BCUT2D eigenvalue weighted by Gasteiger charge is 2.44.